The molecule has 0 aliphatic rings. The lowest BCUT2D eigenvalue weighted by Gasteiger charge is -2.09. The first-order chi connectivity index (χ1) is 12.3. The van der Waals surface area contributed by atoms with Crippen LogP contribution in [0, 0.1) is 11.3 Å². The van der Waals surface area contributed by atoms with E-state index < -0.39 is 0 Å². The number of nitrogen functional groups attached to an aromatic ring is 1. The molecule has 0 spiro atoms. The highest BCUT2D eigenvalue weighted by atomic mass is 14.5. The van der Waals surface area contributed by atoms with E-state index >= 15 is 0 Å². The van der Waals surface area contributed by atoms with Crippen molar-refractivity contribution in [1.29, 1.82) is 5.26 Å². The summed E-state index contributed by atoms with van der Waals surface area (Å²) >= 11 is 0. The van der Waals surface area contributed by atoms with Crippen molar-refractivity contribution in [2.75, 3.05) is 5.73 Å². The molecule has 4 aromatic rings. The van der Waals surface area contributed by atoms with E-state index in [1.54, 1.807) is 0 Å². The van der Waals surface area contributed by atoms with Gasteiger partial charge in [-0.2, -0.15) is 5.26 Å². The first-order valence-corrected chi connectivity index (χ1v) is 8.14. The van der Waals surface area contributed by atoms with Crippen LogP contribution in [0.25, 0.3) is 33.2 Å². The lowest BCUT2D eigenvalue weighted by molar-refractivity contribution is 1.52. The topological polar surface area (TPSA) is 49.8 Å². The average molecular weight is 320 g/mol. The predicted octanol–water partition coefficient (Wildman–Crippen LogP) is 5.64. The molecule has 2 N–H and O–H groups in total. The molecule has 0 amide bonds. The smallest absolute Gasteiger partial charge is 0.0998 e. The van der Waals surface area contributed by atoms with E-state index in [-0.39, 0.29) is 0 Å². The molecule has 0 aliphatic carbocycles. The molecule has 0 saturated heterocycles. The van der Waals surface area contributed by atoms with Crippen LogP contribution in [0.3, 0.4) is 0 Å². The van der Waals surface area contributed by atoms with Gasteiger partial charge in [-0.1, -0.05) is 60.7 Å². The van der Waals surface area contributed by atoms with Gasteiger partial charge in [0.1, 0.15) is 0 Å². The molecule has 0 aliphatic heterocycles. The van der Waals surface area contributed by atoms with Gasteiger partial charge in [0.2, 0.25) is 0 Å². The monoisotopic (exact) mass is 320 g/mol. The Hall–Kier alpha value is -3.57. The summed E-state index contributed by atoms with van der Waals surface area (Å²) in [5, 5.41) is 14.3. The molecule has 0 heterocycles. The highest BCUT2D eigenvalue weighted by Crippen LogP contribution is 2.31. The molecule has 0 fully saturated rings. The molecule has 0 unspecified atom stereocenters. The molecule has 118 valence electrons. The minimum absolute atomic E-state index is 0.626. The second-order valence-corrected chi connectivity index (χ2v) is 6.02. The predicted molar refractivity (Wildman–Crippen MR) is 106 cm³/mol. The second-order valence-electron chi connectivity index (χ2n) is 6.02. The Morgan fingerprint density at radius 2 is 1.36 bits per heavy atom. The number of anilines is 1. The summed E-state index contributed by atoms with van der Waals surface area (Å²) in [6.07, 6.45) is 1.98. The van der Waals surface area contributed by atoms with Crippen LogP contribution in [0.15, 0.2) is 78.9 Å². The fourth-order valence-electron chi connectivity index (χ4n) is 3.19. The van der Waals surface area contributed by atoms with Crippen LogP contribution in [-0.4, -0.2) is 0 Å². The number of benzene rings is 4. The summed E-state index contributed by atoms with van der Waals surface area (Å²) in [6, 6.07) is 28.5. The van der Waals surface area contributed by atoms with Crippen LogP contribution < -0.4 is 5.73 Å². The third-order valence-electron chi connectivity index (χ3n) is 4.44. The van der Waals surface area contributed by atoms with Gasteiger partial charge in [-0.3, -0.25) is 0 Å². The first kappa shape index (κ1) is 15.0. The van der Waals surface area contributed by atoms with Gasteiger partial charge >= 0.3 is 0 Å². The highest BCUT2D eigenvalue weighted by molar-refractivity contribution is 6.10. The highest BCUT2D eigenvalue weighted by Gasteiger charge is 2.08. The number of nitrogens with zero attached hydrogens (tertiary/aromatic N) is 1. The molecule has 0 saturated carbocycles. The molecule has 2 heteroatoms. The summed E-state index contributed by atoms with van der Waals surface area (Å²) in [5.74, 6) is 0. The fraction of sp³-hybridized carbons (Fsp3) is 0. The first-order valence-electron chi connectivity index (χ1n) is 8.14. The summed E-state index contributed by atoms with van der Waals surface area (Å²) < 4.78 is 0. The van der Waals surface area contributed by atoms with Crippen molar-refractivity contribution in [1.82, 2.24) is 0 Å². The summed E-state index contributed by atoms with van der Waals surface area (Å²) in [4.78, 5) is 0. The van der Waals surface area contributed by atoms with Crippen LogP contribution >= 0.6 is 0 Å². The number of nitrogens with two attached hydrogens (primary N) is 1. The minimum atomic E-state index is 0.626. The molecule has 2 nitrogen and oxygen atoms in total. The summed E-state index contributed by atoms with van der Waals surface area (Å²) in [6.45, 7) is 0. The van der Waals surface area contributed by atoms with Gasteiger partial charge in [0, 0.05) is 5.69 Å². The van der Waals surface area contributed by atoms with Gasteiger partial charge in [-0.15, -0.1) is 0 Å². The Kier molecular flexibility index (Phi) is 3.68. The van der Waals surface area contributed by atoms with Gasteiger partial charge in [-0.25, -0.2) is 0 Å². The Bertz CT molecular complexity index is 1090. The quantitative estimate of drug-likeness (QED) is 0.225. The third-order valence-corrected chi connectivity index (χ3v) is 4.44. The largest absolute Gasteiger partial charge is 0.399 e. The lowest BCUT2D eigenvalue weighted by Crippen LogP contribution is -1.88. The number of hydrogen-bond donors (Lipinski definition) is 1. The van der Waals surface area contributed by atoms with E-state index in [9.17, 15) is 5.26 Å². The molecule has 0 radical (unpaired) electrons. The number of hydrogen-bond acceptors (Lipinski definition) is 2. The summed E-state index contributed by atoms with van der Waals surface area (Å²) in [5.41, 5.74) is 9.03. The standard InChI is InChI=1S/C23H16N2/c24-15-19(16-9-11-20(25)12-10-16)14-23-21-7-3-1-5-17(21)13-18-6-2-4-8-22(18)23/h1-14H,25H2/b19-14+. The van der Waals surface area contributed by atoms with Crippen molar-refractivity contribution in [3.05, 3.63) is 90.0 Å². The number of fused-ring (bicyclic) bond motifs is 2. The fourth-order valence-corrected chi connectivity index (χ4v) is 3.19. The maximum absolute atomic E-state index is 9.70. The molecule has 0 aromatic heterocycles. The zero-order valence-electron chi connectivity index (χ0n) is 13.6. The Balaban J connectivity index is 2.03. The molecular formula is C23H16N2. The minimum Gasteiger partial charge on any atom is -0.399 e. The maximum Gasteiger partial charge on any atom is 0.0998 e. The summed E-state index contributed by atoms with van der Waals surface area (Å²) in [7, 11) is 0. The lowest BCUT2D eigenvalue weighted by atomic mass is 9.94. The molecule has 0 atom stereocenters. The second kappa shape index (κ2) is 6.14. The van der Waals surface area contributed by atoms with Crippen LogP contribution in [0.1, 0.15) is 11.1 Å². The van der Waals surface area contributed by atoms with Gasteiger partial charge in [0.15, 0.2) is 0 Å². The van der Waals surface area contributed by atoms with Crippen molar-refractivity contribution >= 4 is 38.9 Å². The van der Waals surface area contributed by atoms with Crippen molar-refractivity contribution < 1.29 is 0 Å². The van der Waals surface area contributed by atoms with Gasteiger partial charge < -0.3 is 5.73 Å². The Morgan fingerprint density at radius 3 is 1.92 bits per heavy atom. The van der Waals surface area contributed by atoms with E-state index in [1.807, 2.05) is 54.6 Å². The van der Waals surface area contributed by atoms with E-state index in [0.717, 1.165) is 21.9 Å². The number of allylic oxidation sites excluding steroid dienone is 1. The zero-order chi connectivity index (χ0) is 17.2. The molecular weight excluding hydrogens is 304 g/mol. The van der Waals surface area contributed by atoms with Gasteiger partial charge in [0.05, 0.1) is 11.6 Å². The molecule has 0 bridgehead atoms. The van der Waals surface area contributed by atoms with Crippen LogP contribution in [0.5, 0.6) is 0 Å². The number of rotatable bonds is 2. The van der Waals surface area contributed by atoms with E-state index in [4.69, 9.17) is 5.73 Å². The number of nitriles is 1. The molecule has 25 heavy (non-hydrogen) atoms. The van der Waals surface area contributed by atoms with Crippen LogP contribution in [0.2, 0.25) is 0 Å². The van der Waals surface area contributed by atoms with Gasteiger partial charge in [0.25, 0.3) is 0 Å². The molecule has 4 aromatic carbocycles. The maximum atomic E-state index is 9.70. The van der Waals surface area contributed by atoms with Crippen molar-refractivity contribution in [3.8, 4) is 6.07 Å². The van der Waals surface area contributed by atoms with E-state index in [1.165, 1.54) is 10.8 Å². The van der Waals surface area contributed by atoms with E-state index in [2.05, 4.69) is 36.4 Å². The zero-order valence-corrected chi connectivity index (χ0v) is 13.6. The van der Waals surface area contributed by atoms with Crippen molar-refractivity contribution in [3.63, 3.8) is 0 Å². The van der Waals surface area contributed by atoms with E-state index in [0.29, 0.717) is 11.3 Å². The SMILES string of the molecule is N#C/C(=C\c1c2ccccc2cc2ccccc12)c1ccc(N)cc1. The van der Waals surface area contributed by atoms with Gasteiger partial charge in [-0.05, 0) is 56.9 Å². The van der Waals surface area contributed by atoms with Crippen LogP contribution in [-0.2, 0) is 0 Å². The Labute approximate surface area is 146 Å². The average Bonchev–Trinajstić information content (AvgIpc) is 2.66. The van der Waals surface area contributed by atoms with Crippen molar-refractivity contribution in [2.24, 2.45) is 0 Å². The molecule has 4 rings (SSSR count). The normalized spacial score (nSPS) is 11.6. The van der Waals surface area contributed by atoms with Crippen LogP contribution in [0.4, 0.5) is 5.69 Å². The third kappa shape index (κ3) is 2.73. The Morgan fingerprint density at radius 1 is 0.800 bits per heavy atom. The van der Waals surface area contributed by atoms with Crippen molar-refractivity contribution in [2.45, 2.75) is 0 Å².